The molecule has 0 radical (unpaired) electrons. The fraction of sp³-hybridized carbons (Fsp3) is 0.562. The van der Waals surface area contributed by atoms with E-state index in [1.165, 1.54) is 10.6 Å². The summed E-state index contributed by atoms with van der Waals surface area (Å²) in [5.74, 6) is -0.190. The lowest BCUT2D eigenvalue weighted by molar-refractivity contribution is -0.116. The smallest absolute Gasteiger partial charge is 0.225 e. The van der Waals surface area contributed by atoms with Gasteiger partial charge in [0.2, 0.25) is 15.9 Å². The number of aryl methyl sites for hydroxylation is 2. The number of amides is 1. The van der Waals surface area contributed by atoms with E-state index in [-0.39, 0.29) is 18.9 Å². The molecule has 0 aliphatic carbocycles. The highest BCUT2D eigenvalue weighted by Crippen LogP contribution is 2.19. The Balaban J connectivity index is 2.73. The Morgan fingerprint density at radius 3 is 2.27 bits per heavy atom. The molecule has 0 bridgehead atoms. The number of nitrogens with zero attached hydrogens (tertiary/aromatic N) is 1. The van der Waals surface area contributed by atoms with Crippen molar-refractivity contribution in [3.63, 3.8) is 0 Å². The first kappa shape index (κ1) is 18.6. The summed E-state index contributed by atoms with van der Waals surface area (Å²) < 4.78 is 25.0. The van der Waals surface area contributed by atoms with Crippen LogP contribution in [0, 0.1) is 13.8 Å². The summed E-state index contributed by atoms with van der Waals surface area (Å²) in [7, 11) is -3.35. The molecular weight excluding hydrogens is 300 g/mol. The van der Waals surface area contributed by atoms with Crippen molar-refractivity contribution in [2.75, 3.05) is 18.1 Å². The van der Waals surface area contributed by atoms with E-state index in [2.05, 4.69) is 5.32 Å². The van der Waals surface area contributed by atoms with E-state index in [9.17, 15) is 13.2 Å². The number of anilines is 1. The Kier molecular flexibility index (Phi) is 5.76. The highest BCUT2D eigenvalue weighted by atomic mass is 32.2. The molecule has 22 heavy (non-hydrogen) atoms. The van der Waals surface area contributed by atoms with E-state index >= 15 is 0 Å². The summed E-state index contributed by atoms with van der Waals surface area (Å²) in [6, 6.07) is 5.79. The van der Waals surface area contributed by atoms with Crippen molar-refractivity contribution in [2.24, 2.45) is 0 Å². The minimum Gasteiger partial charge on any atom is -0.326 e. The van der Waals surface area contributed by atoms with Crippen molar-refractivity contribution in [3.05, 3.63) is 29.3 Å². The van der Waals surface area contributed by atoms with E-state index in [1.807, 2.05) is 52.8 Å². The van der Waals surface area contributed by atoms with E-state index < -0.39 is 15.6 Å². The SMILES string of the molecule is Cc1ccc(NC(=O)CCN(C(C)(C)C)S(C)(=O)=O)c(C)c1. The molecule has 1 aromatic carbocycles. The monoisotopic (exact) mass is 326 g/mol. The molecule has 0 fully saturated rings. The van der Waals surface area contributed by atoms with Gasteiger partial charge in [0.1, 0.15) is 0 Å². The molecular formula is C16H26N2O3S. The number of carbonyl (C=O) groups excluding carboxylic acids is 1. The molecule has 124 valence electrons. The average Bonchev–Trinajstić information content (AvgIpc) is 2.29. The number of benzene rings is 1. The standard InChI is InChI=1S/C16H26N2O3S/c1-12-7-8-14(13(2)11-12)17-15(19)9-10-18(16(3,4)5)22(6,20)21/h7-8,11H,9-10H2,1-6H3,(H,17,19). The Morgan fingerprint density at radius 2 is 1.82 bits per heavy atom. The van der Waals surface area contributed by atoms with Crippen LogP contribution in [0.15, 0.2) is 18.2 Å². The number of hydrogen-bond acceptors (Lipinski definition) is 3. The van der Waals surface area contributed by atoms with E-state index in [0.717, 1.165) is 16.8 Å². The predicted molar refractivity (Wildman–Crippen MR) is 90.5 cm³/mol. The lowest BCUT2D eigenvalue weighted by atomic mass is 10.1. The molecule has 1 amide bonds. The minimum absolute atomic E-state index is 0.123. The number of sulfonamides is 1. The summed E-state index contributed by atoms with van der Waals surface area (Å²) in [5, 5.41) is 2.84. The molecule has 0 spiro atoms. The van der Waals surface area contributed by atoms with Gasteiger partial charge in [-0.05, 0) is 46.2 Å². The van der Waals surface area contributed by atoms with Crippen LogP contribution in [0.3, 0.4) is 0 Å². The summed E-state index contributed by atoms with van der Waals surface area (Å²) in [6.45, 7) is 9.54. The average molecular weight is 326 g/mol. The molecule has 0 heterocycles. The van der Waals surface area contributed by atoms with Crippen molar-refractivity contribution in [2.45, 2.75) is 46.6 Å². The highest BCUT2D eigenvalue weighted by molar-refractivity contribution is 7.88. The highest BCUT2D eigenvalue weighted by Gasteiger charge is 2.29. The number of nitrogens with one attached hydrogen (secondary N) is 1. The lowest BCUT2D eigenvalue weighted by Gasteiger charge is -2.33. The van der Waals surface area contributed by atoms with Crippen molar-refractivity contribution in [3.8, 4) is 0 Å². The molecule has 1 aromatic rings. The van der Waals surface area contributed by atoms with Gasteiger partial charge in [-0.1, -0.05) is 17.7 Å². The van der Waals surface area contributed by atoms with Gasteiger partial charge in [-0.2, -0.15) is 4.31 Å². The lowest BCUT2D eigenvalue weighted by Crippen LogP contribution is -2.46. The van der Waals surface area contributed by atoms with Crippen molar-refractivity contribution < 1.29 is 13.2 Å². The first-order chi connectivity index (χ1) is 9.91. The molecule has 0 aromatic heterocycles. The van der Waals surface area contributed by atoms with Crippen LogP contribution < -0.4 is 5.32 Å². The summed E-state index contributed by atoms with van der Waals surface area (Å²) in [4.78, 5) is 12.1. The van der Waals surface area contributed by atoms with Gasteiger partial charge in [-0.15, -0.1) is 0 Å². The third-order valence-electron chi connectivity index (χ3n) is 3.35. The third kappa shape index (κ3) is 5.42. The Labute approximate surface area is 133 Å². The van der Waals surface area contributed by atoms with Crippen LogP contribution in [-0.4, -0.2) is 37.0 Å². The first-order valence-corrected chi connectivity index (χ1v) is 9.11. The van der Waals surface area contributed by atoms with E-state index in [1.54, 1.807) is 0 Å². The Bertz CT molecular complexity index is 646. The van der Waals surface area contributed by atoms with E-state index in [4.69, 9.17) is 0 Å². The molecule has 0 atom stereocenters. The molecule has 0 saturated heterocycles. The molecule has 0 saturated carbocycles. The van der Waals surface area contributed by atoms with Gasteiger partial charge in [-0.25, -0.2) is 8.42 Å². The largest absolute Gasteiger partial charge is 0.326 e. The van der Waals surface area contributed by atoms with E-state index in [0.29, 0.717) is 0 Å². The van der Waals surface area contributed by atoms with Crippen LogP contribution >= 0.6 is 0 Å². The van der Waals surface area contributed by atoms with Crippen molar-refractivity contribution in [1.82, 2.24) is 4.31 Å². The van der Waals surface area contributed by atoms with Gasteiger partial charge in [-0.3, -0.25) is 4.79 Å². The molecule has 1 rings (SSSR count). The molecule has 0 aliphatic heterocycles. The third-order valence-corrected chi connectivity index (χ3v) is 4.88. The van der Waals surface area contributed by atoms with Gasteiger partial charge in [0.05, 0.1) is 6.26 Å². The van der Waals surface area contributed by atoms with Crippen LogP contribution in [-0.2, 0) is 14.8 Å². The fourth-order valence-corrected chi connectivity index (χ4v) is 3.79. The second-order valence-corrected chi connectivity index (χ2v) is 8.53. The maximum absolute atomic E-state index is 12.1. The second-order valence-electron chi connectivity index (χ2n) is 6.62. The fourth-order valence-electron chi connectivity index (χ4n) is 2.37. The zero-order chi connectivity index (χ0) is 17.1. The first-order valence-electron chi connectivity index (χ1n) is 7.26. The van der Waals surface area contributed by atoms with Gasteiger partial charge in [0.25, 0.3) is 0 Å². The number of carbonyl (C=O) groups is 1. The zero-order valence-corrected chi connectivity index (χ0v) is 15.0. The molecule has 0 unspecified atom stereocenters. The van der Waals surface area contributed by atoms with Gasteiger partial charge in [0, 0.05) is 24.2 Å². The normalized spacial score (nSPS) is 12.5. The van der Waals surface area contributed by atoms with Crippen LogP contribution in [0.25, 0.3) is 0 Å². The second kappa shape index (κ2) is 6.79. The molecule has 1 N–H and O–H groups in total. The molecule has 5 nitrogen and oxygen atoms in total. The Hall–Kier alpha value is -1.40. The zero-order valence-electron chi connectivity index (χ0n) is 14.2. The summed E-state index contributed by atoms with van der Waals surface area (Å²) in [5.41, 5.74) is 2.33. The maximum Gasteiger partial charge on any atom is 0.225 e. The van der Waals surface area contributed by atoms with Crippen molar-refractivity contribution >= 4 is 21.6 Å². The maximum atomic E-state index is 12.1. The predicted octanol–water partition coefficient (Wildman–Crippen LogP) is 2.69. The summed E-state index contributed by atoms with van der Waals surface area (Å²) >= 11 is 0. The quantitative estimate of drug-likeness (QED) is 0.904. The molecule has 0 aliphatic rings. The number of rotatable bonds is 5. The summed E-state index contributed by atoms with van der Waals surface area (Å²) in [6.07, 6.45) is 1.29. The van der Waals surface area contributed by atoms with Crippen LogP contribution in [0.4, 0.5) is 5.69 Å². The van der Waals surface area contributed by atoms with Crippen LogP contribution in [0.5, 0.6) is 0 Å². The minimum atomic E-state index is -3.35. The van der Waals surface area contributed by atoms with Crippen LogP contribution in [0.1, 0.15) is 38.3 Å². The van der Waals surface area contributed by atoms with Gasteiger partial charge in [0.15, 0.2) is 0 Å². The van der Waals surface area contributed by atoms with Crippen LogP contribution in [0.2, 0.25) is 0 Å². The molecule has 6 heteroatoms. The Morgan fingerprint density at radius 1 is 1.23 bits per heavy atom. The van der Waals surface area contributed by atoms with Crippen molar-refractivity contribution in [1.29, 1.82) is 0 Å². The topological polar surface area (TPSA) is 66.5 Å². The number of hydrogen-bond donors (Lipinski definition) is 1. The van der Waals surface area contributed by atoms with Gasteiger partial charge < -0.3 is 5.32 Å². The van der Waals surface area contributed by atoms with Gasteiger partial charge >= 0.3 is 0 Å².